The molecule has 0 unspecified atom stereocenters. The number of fused-ring (bicyclic) bond motifs is 1. The first-order chi connectivity index (χ1) is 14.3. The summed E-state index contributed by atoms with van der Waals surface area (Å²) in [5, 5.41) is 11.5. The summed E-state index contributed by atoms with van der Waals surface area (Å²) in [7, 11) is 0. The largest absolute Gasteiger partial charge is 0.321 e. The Bertz CT molecular complexity index is 1010. The Balaban J connectivity index is 1.27. The Hall–Kier alpha value is -2.99. The molecule has 0 saturated heterocycles. The molecule has 6 nitrogen and oxygen atoms in total. The smallest absolute Gasteiger partial charge is 0.277 e. The van der Waals surface area contributed by atoms with Gasteiger partial charge in [-0.15, -0.1) is 5.10 Å². The van der Waals surface area contributed by atoms with E-state index in [1.54, 1.807) is 0 Å². The molecule has 2 aliphatic rings. The van der Waals surface area contributed by atoms with Crippen LogP contribution in [0.2, 0.25) is 0 Å². The molecule has 29 heavy (non-hydrogen) atoms. The van der Waals surface area contributed by atoms with Crippen molar-refractivity contribution < 1.29 is 4.79 Å². The molecule has 2 heterocycles. The molecule has 1 N–H and O–H groups in total. The lowest BCUT2D eigenvalue weighted by atomic mass is 9.91. The summed E-state index contributed by atoms with van der Waals surface area (Å²) in [5.74, 6) is -0.239. The SMILES string of the molecule is O=C(Nc1ccc2c(c1)CCN(C1CCC1)CC2)c1cnn(-c2ccccc2)n1. The first kappa shape index (κ1) is 18.1. The summed E-state index contributed by atoms with van der Waals surface area (Å²) in [6.45, 7) is 2.26. The lowest BCUT2D eigenvalue weighted by Crippen LogP contribution is -2.41. The minimum atomic E-state index is -0.239. The van der Waals surface area contributed by atoms with Crippen LogP contribution in [-0.2, 0) is 12.8 Å². The lowest BCUT2D eigenvalue weighted by Gasteiger charge is -2.36. The quantitative estimate of drug-likeness (QED) is 0.745. The number of nitrogens with one attached hydrogen (secondary N) is 1. The fraction of sp³-hybridized carbons (Fsp3) is 0.348. The van der Waals surface area contributed by atoms with E-state index in [-0.39, 0.29) is 5.91 Å². The summed E-state index contributed by atoms with van der Waals surface area (Å²) < 4.78 is 0. The second-order valence-electron chi connectivity index (χ2n) is 7.91. The number of carbonyl (C=O) groups is 1. The second-order valence-corrected chi connectivity index (χ2v) is 7.91. The highest BCUT2D eigenvalue weighted by molar-refractivity contribution is 6.02. The number of amides is 1. The van der Waals surface area contributed by atoms with Gasteiger partial charge in [0.15, 0.2) is 5.69 Å². The van der Waals surface area contributed by atoms with Gasteiger partial charge in [0.2, 0.25) is 0 Å². The van der Waals surface area contributed by atoms with E-state index in [4.69, 9.17) is 0 Å². The maximum atomic E-state index is 12.6. The molecule has 1 aliphatic heterocycles. The predicted octanol–water partition coefficient (Wildman–Crippen LogP) is 3.47. The Morgan fingerprint density at radius 2 is 1.79 bits per heavy atom. The van der Waals surface area contributed by atoms with Gasteiger partial charge in [-0.05, 0) is 61.1 Å². The van der Waals surface area contributed by atoms with Crippen molar-refractivity contribution in [3.63, 3.8) is 0 Å². The van der Waals surface area contributed by atoms with Gasteiger partial charge in [0.05, 0.1) is 11.9 Å². The first-order valence-electron chi connectivity index (χ1n) is 10.4. The van der Waals surface area contributed by atoms with Gasteiger partial charge in [0, 0.05) is 24.8 Å². The minimum absolute atomic E-state index is 0.239. The third-order valence-corrected chi connectivity index (χ3v) is 6.10. The third kappa shape index (κ3) is 3.80. The van der Waals surface area contributed by atoms with Gasteiger partial charge in [-0.25, -0.2) is 0 Å². The van der Waals surface area contributed by atoms with E-state index in [2.05, 4.69) is 32.5 Å². The van der Waals surface area contributed by atoms with Gasteiger partial charge in [-0.1, -0.05) is 30.7 Å². The van der Waals surface area contributed by atoms with Crippen LogP contribution in [0.15, 0.2) is 54.7 Å². The molecule has 0 bridgehead atoms. The fourth-order valence-corrected chi connectivity index (χ4v) is 4.19. The first-order valence-corrected chi connectivity index (χ1v) is 10.4. The zero-order valence-electron chi connectivity index (χ0n) is 16.4. The maximum Gasteiger partial charge on any atom is 0.277 e. The third-order valence-electron chi connectivity index (χ3n) is 6.10. The Morgan fingerprint density at radius 1 is 1.00 bits per heavy atom. The summed E-state index contributed by atoms with van der Waals surface area (Å²) in [6, 6.07) is 16.6. The van der Waals surface area contributed by atoms with Crippen molar-refractivity contribution in [1.29, 1.82) is 0 Å². The van der Waals surface area contributed by atoms with Gasteiger partial charge < -0.3 is 5.32 Å². The van der Waals surface area contributed by atoms with Crippen LogP contribution < -0.4 is 5.32 Å². The van der Waals surface area contributed by atoms with E-state index in [0.717, 1.165) is 43.3 Å². The minimum Gasteiger partial charge on any atom is -0.321 e. The number of hydrogen-bond acceptors (Lipinski definition) is 4. The van der Waals surface area contributed by atoms with Gasteiger partial charge in [-0.3, -0.25) is 9.69 Å². The standard InChI is InChI=1S/C23H25N5O/c29-23(22-16-24-28(26-22)21-5-2-1-3-6-21)25-19-10-9-17-11-13-27(20-7-4-8-20)14-12-18(17)15-19/h1-3,5-6,9-10,15-16,20H,4,7-8,11-14H2,(H,25,29). The topological polar surface area (TPSA) is 63.1 Å². The van der Waals surface area contributed by atoms with Gasteiger partial charge >= 0.3 is 0 Å². The molecule has 1 fully saturated rings. The van der Waals surface area contributed by atoms with Crippen molar-refractivity contribution in [1.82, 2.24) is 19.9 Å². The average Bonchev–Trinajstić information content (AvgIpc) is 3.12. The molecule has 1 saturated carbocycles. The van der Waals surface area contributed by atoms with E-state index >= 15 is 0 Å². The number of rotatable bonds is 4. The molecule has 0 atom stereocenters. The van der Waals surface area contributed by atoms with Crippen LogP contribution >= 0.6 is 0 Å². The van der Waals surface area contributed by atoms with E-state index in [1.165, 1.54) is 41.4 Å². The highest BCUT2D eigenvalue weighted by atomic mass is 16.2. The van der Waals surface area contributed by atoms with E-state index in [1.807, 2.05) is 36.4 Å². The monoisotopic (exact) mass is 387 g/mol. The molecule has 6 heteroatoms. The number of anilines is 1. The van der Waals surface area contributed by atoms with Crippen molar-refractivity contribution in [2.45, 2.75) is 38.1 Å². The summed E-state index contributed by atoms with van der Waals surface area (Å²) in [5.41, 5.74) is 4.70. The van der Waals surface area contributed by atoms with Crippen LogP contribution in [0.3, 0.4) is 0 Å². The molecular weight excluding hydrogens is 362 g/mol. The number of aromatic nitrogens is 3. The summed E-state index contributed by atoms with van der Waals surface area (Å²) >= 11 is 0. The van der Waals surface area contributed by atoms with Crippen molar-refractivity contribution >= 4 is 11.6 Å². The van der Waals surface area contributed by atoms with E-state index in [9.17, 15) is 4.79 Å². The zero-order valence-corrected chi connectivity index (χ0v) is 16.4. The molecule has 0 radical (unpaired) electrons. The molecule has 0 spiro atoms. The Morgan fingerprint density at radius 3 is 2.55 bits per heavy atom. The highest BCUT2D eigenvalue weighted by Crippen LogP contribution is 2.28. The second kappa shape index (κ2) is 7.79. The van der Waals surface area contributed by atoms with Gasteiger partial charge in [0.25, 0.3) is 5.91 Å². The van der Waals surface area contributed by atoms with Crippen LogP contribution in [0.1, 0.15) is 40.9 Å². The maximum absolute atomic E-state index is 12.6. The molecule has 5 rings (SSSR count). The number of para-hydroxylation sites is 1. The van der Waals surface area contributed by atoms with E-state index < -0.39 is 0 Å². The lowest BCUT2D eigenvalue weighted by molar-refractivity contribution is 0.102. The average molecular weight is 387 g/mol. The van der Waals surface area contributed by atoms with Crippen molar-refractivity contribution in [3.05, 3.63) is 71.5 Å². The van der Waals surface area contributed by atoms with Gasteiger partial charge in [0.1, 0.15) is 0 Å². The van der Waals surface area contributed by atoms with Crippen LogP contribution in [0.4, 0.5) is 5.69 Å². The van der Waals surface area contributed by atoms with Crippen molar-refractivity contribution in [2.24, 2.45) is 0 Å². The van der Waals surface area contributed by atoms with Crippen molar-refractivity contribution in [3.8, 4) is 5.69 Å². The summed E-state index contributed by atoms with van der Waals surface area (Å²) in [4.78, 5) is 16.8. The van der Waals surface area contributed by atoms with E-state index in [0.29, 0.717) is 5.69 Å². The fourth-order valence-electron chi connectivity index (χ4n) is 4.19. The molecule has 1 amide bonds. The Kier molecular flexibility index (Phi) is 4.86. The zero-order chi connectivity index (χ0) is 19.6. The van der Waals surface area contributed by atoms with Crippen molar-refractivity contribution in [2.75, 3.05) is 18.4 Å². The summed E-state index contributed by atoms with van der Waals surface area (Å²) in [6.07, 6.45) is 7.70. The molecule has 148 valence electrons. The molecule has 2 aromatic carbocycles. The Labute approximate surface area is 170 Å². The number of hydrogen-bond donors (Lipinski definition) is 1. The molecule has 3 aromatic rings. The molecule has 1 aliphatic carbocycles. The molecule has 1 aromatic heterocycles. The van der Waals surface area contributed by atoms with Crippen LogP contribution in [0.5, 0.6) is 0 Å². The number of benzene rings is 2. The highest BCUT2D eigenvalue weighted by Gasteiger charge is 2.26. The normalized spacial score (nSPS) is 17.2. The van der Waals surface area contributed by atoms with Crippen LogP contribution in [-0.4, -0.2) is 44.9 Å². The molecular formula is C23H25N5O. The predicted molar refractivity (Wildman–Crippen MR) is 112 cm³/mol. The van der Waals surface area contributed by atoms with Crippen LogP contribution in [0.25, 0.3) is 5.69 Å². The number of carbonyl (C=O) groups excluding carboxylic acids is 1. The number of nitrogens with zero attached hydrogens (tertiary/aromatic N) is 4. The van der Waals surface area contributed by atoms with Crippen LogP contribution in [0, 0.1) is 0 Å². The van der Waals surface area contributed by atoms with Gasteiger partial charge in [-0.2, -0.15) is 9.90 Å².